The number of pyridine rings is 1. The van der Waals surface area contributed by atoms with E-state index in [9.17, 15) is 13.2 Å². The van der Waals surface area contributed by atoms with E-state index < -0.39 is 12.1 Å². The summed E-state index contributed by atoms with van der Waals surface area (Å²) in [5.41, 5.74) is 0.992. The first-order valence-electron chi connectivity index (χ1n) is 5.72. The van der Waals surface area contributed by atoms with Gasteiger partial charge in [-0.25, -0.2) is 4.98 Å². The maximum Gasteiger partial charge on any atom is 0.573 e. The Morgan fingerprint density at radius 3 is 2.43 bits per heavy atom. The summed E-state index contributed by atoms with van der Waals surface area (Å²) in [5.74, 6) is -0.0747. The van der Waals surface area contributed by atoms with Crippen LogP contribution in [0.3, 0.4) is 0 Å². The number of ether oxygens (including phenoxy) is 2. The summed E-state index contributed by atoms with van der Waals surface area (Å²) in [6, 6.07) is 8.65. The molecule has 0 amide bonds. The van der Waals surface area contributed by atoms with Crippen LogP contribution >= 0.6 is 0 Å². The summed E-state index contributed by atoms with van der Waals surface area (Å²) < 4.78 is 45.6. The number of alkyl halides is 3. The van der Waals surface area contributed by atoms with E-state index in [0.29, 0.717) is 17.0 Å². The zero-order valence-corrected chi connectivity index (χ0v) is 10.8. The first-order chi connectivity index (χ1) is 9.91. The molecule has 0 N–H and O–H groups in total. The Labute approximate surface area is 118 Å². The van der Waals surface area contributed by atoms with Crippen molar-refractivity contribution >= 4 is 0 Å². The molecule has 1 aromatic carbocycles. The van der Waals surface area contributed by atoms with Crippen LogP contribution in [0.1, 0.15) is 5.56 Å². The third-order valence-corrected chi connectivity index (χ3v) is 2.55. The van der Waals surface area contributed by atoms with Crippen molar-refractivity contribution in [2.24, 2.45) is 0 Å². The molecule has 1 aromatic heterocycles. The number of benzene rings is 1. The van der Waals surface area contributed by atoms with Gasteiger partial charge in [-0.15, -0.1) is 13.2 Å². The van der Waals surface area contributed by atoms with Crippen LogP contribution in [-0.4, -0.2) is 18.5 Å². The fourth-order valence-electron chi connectivity index (χ4n) is 1.69. The predicted octanol–water partition coefficient (Wildman–Crippen LogP) is 3.53. The highest BCUT2D eigenvalue weighted by Gasteiger charge is 2.31. The third-order valence-electron chi connectivity index (χ3n) is 2.55. The van der Waals surface area contributed by atoms with Crippen molar-refractivity contribution in [3.63, 3.8) is 0 Å². The molecule has 0 aliphatic carbocycles. The topological polar surface area (TPSA) is 55.1 Å². The van der Waals surface area contributed by atoms with Crippen LogP contribution in [0, 0.1) is 11.3 Å². The Bertz CT molecular complexity index is 676. The summed E-state index contributed by atoms with van der Waals surface area (Å²) in [6.07, 6.45) is -3.38. The minimum Gasteiger partial charge on any atom is -0.481 e. The number of aromatic nitrogens is 1. The number of rotatable bonds is 3. The van der Waals surface area contributed by atoms with Crippen LogP contribution in [0.25, 0.3) is 11.1 Å². The van der Waals surface area contributed by atoms with Crippen LogP contribution < -0.4 is 9.47 Å². The van der Waals surface area contributed by atoms with E-state index in [1.165, 1.54) is 25.4 Å². The van der Waals surface area contributed by atoms with Crippen molar-refractivity contribution in [1.29, 1.82) is 5.26 Å². The predicted molar refractivity (Wildman–Crippen MR) is 67.6 cm³/mol. The van der Waals surface area contributed by atoms with Gasteiger partial charge < -0.3 is 9.47 Å². The standard InChI is InChI=1S/C14H9F3N2O2/c1-20-13-3-2-10(8-19-13)11-4-9(7-18)5-12(6-11)21-14(15,16)17/h2-6,8H,1H3. The molecule has 0 radical (unpaired) electrons. The lowest BCUT2D eigenvalue weighted by Crippen LogP contribution is -2.17. The summed E-state index contributed by atoms with van der Waals surface area (Å²) in [4.78, 5) is 3.97. The highest BCUT2D eigenvalue weighted by Crippen LogP contribution is 2.29. The van der Waals surface area contributed by atoms with Gasteiger partial charge in [0.1, 0.15) is 5.75 Å². The largest absolute Gasteiger partial charge is 0.573 e. The fraction of sp³-hybridized carbons (Fsp3) is 0.143. The molecule has 0 spiro atoms. The molecule has 1 heterocycles. The number of nitrogens with zero attached hydrogens (tertiary/aromatic N) is 2. The van der Waals surface area contributed by atoms with E-state index in [-0.39, 0.29) is 5.56 Å². The van der Waals surface area contributed by atoms with Crippen molar-refractivity contribution in [2.75, 3.05) is 7.11 Å². The van der Waals surface area contributed by atoms with E-state index in [1.807, 2.05) is 0 Å². The Morgan fingerprint density at radius 1 is 1.14 bits per heavy atom. The molecular formula is C14H9F3N2O2. The van der Waals surface area contributed by atoms with E-state index >= 15 is 0 Å². The number of nitriles is 1. The number of hydrogen-bond acceptors (Lipinski definition) is 4. The minimum absolute atomic E-state index is 0.0579. The number of halogens is 3. The summed E-state index contributed by atoms with van der Waals surface area (Å²) in [5, 5.41) is 8.89. The van der Waals surface area contributed by atoms with Crippen LogP contribution in [0.4, 0.5) is 13.2 Å². The van der Waals surface area contributed by atoms with Gasteiger partial charge in [0.15, 0.2) is 0 Å². The SMILES string of the molecule is COc1ccc(-c2cc(C#N)cc(OC(F)(F)F)c2)cn1. The molecule has 2 aromatic rings. The lowest BCUT2D eigenvalue weighted by atomic mass is 10.0. The molecule has 0 atom stereocenters. The molecule has 0 unspecified atom stereocenters. The minimum atomic E-state index is -4.82. The second kappa shape index (κ2) is 5.71. The van der Waals surface area contributed by atoms with E-state index in [0.717, 1.165) is 6.07 Å². The molecule has 0 aliphatic heterocycles. The Kier molecular flexibility index (Phi) is 3.98. The highest BCUT2D eigenvalue weighted by atomic mass is 19.4. The lowest BCUT2D eigenvalue weighted by molar-refractivity contribution is -0.274. The molecule has 0 aliphatic rings. The van der Waals surface area contributed by atoms with Crippen LogP contribution in [0.5, 0.6) is 11.6 Å². The van der Waals surface area contributed by atoms with Gasteiger partial charge in [0.05, 0.1) is 18.7 Å². The van der Waals surface area contributed by atoms with Crippen molar-refractivity contribution in [2.45, 2.75) is 6.36 Å². The lowest BCUT2D eigenvalue weighted by Gasteiger charge is -2.11. The highest BCUT2D eigenvalue weighted by molar-refractivity contribution is 5.66. The summed E-state index contributed by atoms with van der Waals surface area (Å²) in [7, 11) is 1.45. The van der Waals surface area contributed by atoms with Crippen molar-refractivity contribution in [3.8, 4) is 28.8 Å². The van der Waals surface area contributed by atoms with Crippen molar-refractivity contribution in [1.82, 2.24) is 4.98 Å². The average Bonchev–Trinajstić information content (AvgIpc) is 2.45. The quantitative estimate of drug-likeness (QED) is 0.869. The molecule has 0 bridgehead atoms. The smallest absolute Gasteiger partial charge is 0.481 e. The summed E-state index contributed by atoms with van der Waals surface area (Å²) >= 11 is 0. The first-order valence-corrected chi connectivity index (χ1v) is 5.72. The van der Waals surface area contributed by atoms with Gasteiger partial charge in [-0.3, -0.25) is 0 Å². The molecule has 108 valence electrons. The summed E-state index contributed by atoms with van der Waals surface area (Å²) in [6.45, 7) is 0. The van der Waals surface area contributed by atoms with Crippen molar-refractivity contribution < 1.29 is 22.6 Å². The zero-order valence-electron chi connectivity index (χ0n) is 10.8. The molecule has 0 saturated carbocycles. The van der Waals surface area contributed by atoms with E-state index in [1.54, 1.807) is 18.2 Å². The molecule has 0 fully saturated rings. The van der Waals surface area contributed by atoms with Crippen LogP contribution in [-0.2, 0) is 0 Å². The Morgan fingerprint density at radius 2 is 1.90 bits per heavy atom. The van der Waals surface area contributed by atoms with Crippen molar-refractivity contribution in [3.05, 3.63) is 42.1 Å². The molecule has 4 nitrogen and oxygen atoms in total. The Balaban J connectivity index is 2.42. The first kappa shape index (κ1) is 14.7. The normalized spacial score (nSPS) is 10.8. The number of hydrogen-bond donors (Lipinski definition) is 0. The fourth-order valence-corrected chi connectivity index (χ4v) is 1.69. The maximum atomic E-state index is 12.3. The van der Waals surface area contributed by atoms with E-state index in [2.05, 4.69) is 9.72 Å². The van der Waals surface area contributed by atoms with Gasteiger partial charge in [0.2, 0.25) is 5.88 Å². The molecule has 2 rings (SSSR count). The van der Waals surface area contributed by atoms with Crippen LogP contribution in [0.15, 0.2) is 36.5 Å². The maximum absolute atomic E-state index is 12.3. The van der Waals surface area contributed by atoms with Gasteiger partial charge in [-0.05, 0) is 29.8 Å². The van der Waals surface area contributed by atoms with Gasteiger partial charge in [0, 0.05) is 17.8 Å². The van der Waals surface area contributed by atoms with Gasteiger partial charge >= 0.3 is 6.36 Å². The Hall–Kier alpha value is -2.75. The van der Waals surface area contributed by atoms with Crippen LogP contribution in [0.2, 0.25) is 0 Å². The molecule has 0 saturated heterocycles. The second-order valence-corrected chi connectivity index (χ2v) is 3.99. The molecular weight excluding hydrogens is 285 g/mol. The van der Waals surface area contributed by atoms with Gasteiger partial charge in [-0.2, -0.15) is 5.26 Å². The monoisotopic (exact) mass is 294 g/mol. The van der Waals surface area contributed by atoms with Gasteiger partial charge in [-0.1, -0.05) is 0 Å². The molecule has 21 heavy (non-hydrogen) atoms. The molecule has 7 heteroatoms. The number of methoxy groups -OCH3 is 1. The average molecular weight is 294 g/mol. The zero-order chi connectivity index (χ0) is 15.5. The van der Waals surface area contributed by atoms with E-state index in [4.69, 9.17) is 10.00 Å². The third kappa shape index (κ3) is 3.86. The second-order valence-electron chi connectivity index (χ2n) is 3.99. The van der Waals surface area contributed by atoms with Gasteiger partial charge in [0.25, 0.3) is 0 Å².